The number of likely N-dealkylation sites (tertiary alicyclic amines) is 1. The molecule has 122 valence electrons. The van der Waals surface area contributed by atoms with Crippen LogP contribution in [0.25, 0.3) is 0 Å². The van der Waals surface area contributed by atoms with Crippen molar-refractivity contribution in [3.8, 4) is 5.75 Å². The molecule has 1 fully saturated rings. The van der Waals surface area contributed by atoms with E-state index >= 15 is 0 Å². The first-order chi connectivity index (χ1) is 10.5. The molecule has 2 amide bonds. The summed E-state index contributed by atoms with van der Waals surface area (Å²) in [5.41, 5.74) is 0.715. The molecule has 1 atom stereocenters. The van der Waals surface area contributed by atoms with Gasteiger partial charge in [-0.15, -0.1) is 0 Å². The molecular formula is C17H26N2O3. The number of aliphatic hydroxyl groups is 1. The summed E-state index contributed by atoms with van der Waals surface area (Å²) in [6, 6.07) is 7.26. The minimum absolute atomic E-state index is 0.168. The number of amides is 2. The van der Waals surface area contributed by atoms with Crippen LogP contribution < -0.4 is 10.1 Å². The third kappa shape index (κ3) is 5.22. The van der Waals surface area contributed by atoms with Gasteiger partial charge in [-0.05, 0) is 37.3 Å². The minimum Gasteiger partial charge on any atom is -0.494 e. The van der Waals surface area contributed by atoms with Crippen LogP contribution in [0, 0.1) is 5.92 Å². The number of β-amino-alcohol motifs (C(OH)–C–C–N with tert-alkyl or cyclic N) is 1. The zero-order valence-corrected chi connectivity index (χ0v) is 13.4. The Hall–Kier alpha value is -1.75. The average molecular weight is 306 g/mol. The summed E-state index contributed by atoms with van der Waals surface area (Å²) in [4.78, 5) is 13.8. The van der Waals surface area contributed by atoms with Gasteiger partial charge < -0.3 is 20.1 Å². The largest absolute Gasteiger partial charge is 0.494 e. The van der Waals surface area contributed by atoms with E-state index < -0.39 is 6.10 Å². The lowest BCUT2D eigenvalue weighted by Gasteiger charge is -2.30. The second kappa shape index (κ2) is 8.03. The molecule has 22 heavy (non-hydrogen) atoms. The Morgan fingerprint density at radius 1 is 1.50 bits per heavy atom. The molecule has 1 saturated heterocycles. The molecule has 1 aromatic carbocycles. The fraction of sp³-hybridized carbons (Fsp3) is 0.588. The van der Waals surface area contributed by atoms with E-state index in [1.165, 1.54) is 0 Å². The monoisotopic (exact) mass is 306 g/mol. The number of nitrogens with one attached hydrogen (secondary N) is 1. The number of urea groups is 1. The van der Waals surface area contributed by atoms with Gasteiger partial charge in [0.25, 0.3) is 0 Å². The predicted octanol–water partition coefficient (Wildman–Crippen LogP) is 3.10. The van der Waals surface area contributed by atoms with E-state index in [2.05, 4.69) is 19.2 Å². The predicted molar refractivity (Wildman–Crippen MR) is 87.2 cm³/mol. The highest BCUT2D eigenvalue weighted by Gasteiger charge is 2.21. The molecule has 5 nitrogen and oxygen atoms in total. The van der Waals surface area contributed by atoms with Crippen LogP contribution in [0.15, 0.2) is 24.3 Å². The van der Waals surface area contributed by atoms with E-state index in [1.807, 2.05) is 24.3 Å². The zero-order chi connectivity index (χ0) is 15.9. The number of carbonyl (C=O) groups excluding carboxylic acids is 1. The van der Waals surface area contributed by atoms with E-state index in [0.29, 0.717) is 31.3 Å². The Labute approximate surface area is 132 Å². The number of piperidine rings is 1. The summed E-state index contributed by atoms with van der Waals surface area (Å²) in [6.45, 7) is 6.08. The van der Waals surface area contributed by atoms with Gasteiger partial charge in [0.1, 0.15) is 5.75 Å². The Morgan fingerprint density at radius 3 is 3.05 bits per heavy atom. The van der Waals surface area contributed by atoms with Gasteiger partial charge in [0.05, 0.1) is 12.7 Å². The third-order valence-corrected chi connectivity index (χ3v) is 3.73. The molecule has 1 aliphatic heterocycles. The van der Waals surface area contributed by atoms with E-state index in [9.17, 15) is 9.90 Å². The minimum atomic E-state index is -0.412. The number of hydrogen-bond acceptors (Lipinski definition) is 3. The standard InChI is InChI=1S/C17H26N2O3/c1-13(2)8-10-22-16-7-3-5-14(11-16)18-17(21)19-9-4-6-15(20)12-19/h3,5,7,11,13,15,20H,4,6,8-10,12H2,1-2H3,(H,18,21). The van der Waals surface area contributed by atoms with Crippen molar-refractivity contribution in [3.05, 3.63) is 24.3 Å². The number of hydrogen-bond donors (Lipinski definition) is 2. The van der Waals surface area contributed by atoms with Gasteiger partial charge in [0.15, 0.2) is 0 Å². The van der Waals surface area contributed by atoms with Crippen molar-refractivity contribution in [2.24, 2.45) is 5.92 Å². The molecule has 5 heteroatoms. The molecule has 0 saturated carbocycles. The number of aliphatic hydroxyl groups excluding tert-OH is 1. The van der Waals surface area contributed by atoms with E-state index in [4.69, 9.17) is 4.74 Å². The summed E-state index contributed by atoms with van der Waals surface area (Å²) < 4.78 is 5.70. The summed E-state index contributed by atoms with van der Waals surface area (Å²) in [5, 5.41) is 12.5. The fourth-order valence-corrected chi connectivity index (χ4v) is 2.42. The van der Waals surface area contributed by atoms with Crippen LogP contribution in [0.5, 0.6) is 5.75 Å². The lowest BCUT2D eigenvalue weighted by atomic mass is 10.1. The maximum Gasteiger partial charge on any atom is 0.321 e. The number of benzene rings is 1. The quantitative estimate of drug-likeness (QED) is 0.878. The van der Waals surface area contributed by atoms with Crippen LogP contribution in [0.3, 0.4) is 0 Å². The highest BCUT2D eigenvalue weighted by atomic mass is 16.5. The molecule has 1 aliphatic rings. The molecule has 0 aromatic heterocycles. The van der Waals surface area contributed by atoms with Crippen molar-refractivity contribution in [2.75, 3.05) is 25.0 Å². The van der Waals surface area contributed by atoms with Crippen molar-refractivity contribution < 1.29 is 14.6 Å². The smallest absolute Gasteiger partial charge is 0.321 e. The van der Waals surface area contributed by atoms with E-state index in [1.54, 1.807) is 4.90 Å². The molecule has 0 radical (unpaired) electrons. The van der Waals surface area contributed by atoms with Crippen molar-refractivity contribution >= 4 is 11.7 Å². The van der Waals surface area contributed by atoms with Crippen LogP contribution in [0.4, 0.5) is 10.5 Å². The molecule has 2 rings (SSSR count). The summed E-state index contributed by atoms with van der Waals surface area (Å²) in [5.74, 6) is 1.37. The van der Waals surface area contributed by atoms with E-state index in [0.717, 1.165) is 25.0 Å². The van der Waals surface area contributed by atoms with Gasteiger partial charge >= 0.3 is 6.03 Å². The first kappa shape index (κ1) is 16.6. The fourth-order valence-electron chi connectivity index (χ4n) is 2.42. The topological polar surface area (TPSA) is 61.8 Å². The highest BCUT2D eigenvalue weighted by molar-refractivity contribution is 5.89. The maximum absolute atomic E-state index is 12.2. The summed E-state index contributed by atoms with van der Waals surface area (Å²) >= 11 is 0. The van der Waals surface area contributed by atoms with Gasteiger partial charge in [0.2, 0.25) is 0 Å². The molecule has 1 heterocycles. The second-order valence-corrected chi connectivity index (χ2v) is 6.23. The molecule has 0 spiro atoms. The van der Waals surface area contributed by atoms with Gasteiger partial charge in [-0.2, -0.15) is 0 Å². The number of ether oxygens (including phenoxy) is 1. The highest BCUT2D eigenvalue weighted by Crippen LogP contribution is 2.19. The van der Waals surface area contributed by atoms with Crippen LogP contribution in [-0.2, 0) is 0 Å². The Bertz CT molecular complexity index is 491. The third-order valence-electron chi connectivity index (χ3n) is 3.73. The lowest BCUT2D eigenvalue weighted by molar-refractivity contribution is 0.0883. The molecular weight excluding hydrogens is 280 g/mol. The van der Waals surface area contributed by atoms with Gasteiger partial charge in [0, 0.05) is 24.8 Å². The second-order valence-electron chi connectivity index (χ2n) is 6.23. The Morgan fingerprint density at radius 2 is 2.32 bits per heavy atom. The normalized spacial score (nSPS) is 18.4. The number of anilines is 1. The lowest BCUT2D eigenvalue weighted by Crippen LogP contribution is -2.44. The van der Waals surface area contributed by atoms with Crippen molar-refractivity contribution in [1.82, 2.24) is 4.90 Å². The van der Waals surface area contributed by atoms with E-state index in [-0.39, 0.29) is 6.03 Å². The molecule has 2 N–H and O–H groups in total. The van der Waals surface area contributed by atoms with Crippen LogP contribution in [-0.4, -0.2) is 41.8 Å². The Balaban J connectivity index is 1.87. The first-order valence-corrected chi connectivity index (χ1v) is 8.01. The first-order valence-electron chi connectivity index (χ1n) is 8.01. The van der Waals surface area contributed by atoms with Crippen molar-refractivity contribution in [1.29, 1.82) is 0 Å². The van der Waals surface area contributed by atoms with Gasteiger partial charge in [-0.25, -0.2) is 4.79 Å². The number of carbonyl (C=O) groups is 1. The average Bonchev–Trinajstić information content (AvgIpc) is 2.47. The number of rotatable bonds is 5. The number of nitrogens with zero attached hydrogens (tertiary/aromatic N) is 1. The molecule has 1 aromatic rings. The molecule has 0 aliphatic carbocycles. The summed E-state index contributed by atoms with van der Waals surface area (Å²) in [7, 11) is 0. The van der Waals surface area contributed by atoms with Gasteiger partial charge in [-0.3, -0.25) is 0 Å². The zero-order valence-electron chi connectivity index (χ0n) is 13.4. The van der Waals surface area contributed by atoms with Crippen LogP contribution in [0.1, 0.15) is 33.1 Å². The van der Waals surface area contributed by atoms with Crippen molar-refractivity contribution in [2.45, 2.75) is 39.2 Å². The van der Waals surface area contributed by atoms with Gasteiger partial charge in [-0.1, -0.05) is 19.9 Å². The molecule has 0 bridgehead atoms. The SMILES string of the molecule is CC(C)CCOc1cccc(NC(=O)N2CCCC(O)C2)c1. The molecule has 1 unspecified atom stereocenters. The Kier molecular flexibility index (Phi) is 6.07. The summed E-state index contributed by atoms with van der Waals surface area (Å²) in [6.07, 6.45) is 2.20. The maximum atomic E-state index is 12.2. The van der Waals surface area contributed by atoms with Crippen LogP contribution in [0.2, 0.25) is 0 Å². The van der Waals surface area contributed by atoms with Crippen molar-refractivity contribution in [3.63, 3.8) is 0 Å². The van der Waals surface area contributed by atoms with Crippen LogP contribution >= 0.6 is 0 Å².